The fourth-order valence-electron chi connectivity index (χ4n) is 2.18. The van der Waals surface area contributed by atoms with Gasteiger partial charge >= 0.3 is 0 Å². The van der Waals surface area contributed by atoms with Gasteiger partial charge < -0.3 is 10.2 Å². The zero-order chi connectivity index (χ0) is 12.3. The molecular formula is C13H16N2O2. The molecule has 0 saturated carbocycles. The van der Waals surface area contributed by atoms with E-state index >= 15 is 0 Å². The van der Waals surface area contributed by atoms with E-state index in [1.165, 1.54) is 5.56 Å². The maximum atomic E-state index is 11.8. The lowest BCUT2D eigenvalue weighted by atomic mass is 10.0. The smallest absolute Gasteiger partial charge is 0.226 e. The molecule has 0 saturated heterocycles. The van der Waals surface area contributed by atoms with E-state index in [0.29, 0.717) is 12.8 Å². The van der Waals surface area contributed by atoms with Gasteiger partial charge in [-0.3, -0.25) is 9.59 Å². The molecule has 0 radical (unpaired) electrons. The Morgan fingerprint density at radius 3 is 3.06 bits per heavy atom. The third-order valence-electron chi connectivity index (χ3n) is 3.03. The van der Waals surface area contributed by atoms with Crippen molar-refractivity contribution >= 4 is 23.7 Å². The standard InChI is InChI=1S/C13H16N2O2/c1-2-13(17)15-7-3-4-10-5-6-11(14-9-16)8-12(10)15/h5-6,8-9H,2-4,7H2,1H3,(H,14,16). The van der Waals surface area contributed by atoms with Crippen molar-refractivity contribution in [1.29, 1.82) is 0 Å². The molecule has 1 aromatic rings. The van der Waals surface area contributed by atoms with Gasteiger partial charge in [-0.15, -0.1) is 0 Å². The summed E-state index contributed by atoms with van der Waals surface area (Å²) in [5.74, 6) is 0.134. The summed E-state index contributed by atoms with van der Waals surface area (Å²) in [5, 5.41) is 2.62. The van der Waals surface area contributed by atoms with Crippen molar-refractivity contribution in [1.82, 2.24) is 0 Å². The van der Waals surface area contributed by atoms with Crippen molar-refractivity contribution in [2.75, 3.05) is 16.8 Å². The zero-order valence-electron chi connectivity index (χ0n) is 9.90. The second-order valence-electron chi connectivity index (χ2n) is 4.11. The van der Waals surface area contributed by atoms with Crippen molar-refractivity contribution in [3.63, 3.8) is 0 Å². The van der Waals surface area contributed by atoms with Gasteiger partial charge in [-0.25, -0.2) is 0 Å². The van der Waals surface area contributed by atoms with E-state index in [1.54, 1.807) is 0 Å². The first-order valence-corrected chi connectivity index (χ1v) is 5.89. The topological polar surface area (TPSA) is 49.4 Å². The van der Waals surface area contributed by atoms with E-state index < -0.39 is 0 Å². The molecule has 2 rings (SSSR count). The first-order valence-electron chi connectivity index (χ1n) is 5.89. The molecule has 2 amide bonds. The number of hydrogen-bond acceptors (Lipinski definition) is 2. The van der Waals surface area contributed by atoms with Gasteiger partial charge in [0.25, 0.3) is 0 Å². The molecule has 1 N–H and O–H groups in total. The van der Waals surface area contributed by atoms with Crippen LogP contribution in [0.25, 0.3) is 0 Å². The van der Waals surface area contributed by atoms with Gasteiger partial charge in [0.1, 0.15) is 0 Å². The van der Waals surface area contributed by atoms with Crippen LogP contribution in [0.2, 0.25) is 0 Å². The Bertz CT molecular complexity index is 443. The van der Waals surface area contributed by atoms with Crippen molar-refractivity contribution in [2.24, 2.45) is 0 Å². The largest absolute Gasteiger partial charge is 0.329 e. The Morgan fingerprint density at radius 1 is 1.53 bits per heavy atom. The van der Waals surface area contributed by atoms with Gasteiger partial charge in [0.05, 0.1) is 0 Å². The van der Waals surface area contributed by atoms with Crippen LogP contribution in [0.5, 0.6) is 0 Å². The van der Waals surface area contributed by atoms with Crippen LogP contribution >= 0.6 is 0 Å². The van der Waals surface area contributed by atoms with Crippen LogP contribution in [0.1, 0.15) is 25.3 Å². The molecule has 1 aromatic carbocycles. The molecule has 0 fully saturated rings. The lowest BCUT2D eigenvalue weighted by Gasteiger charge is -2.29. The second-order valence-corrected chi connectivity index (χ2v) is 4.11. The molecule has 0 spiro atoms. The van der Waals surface area contributed by atoms with Crippen molar-refractivity contribution in [3.8, 4) is 0 Å². The molecule has 0 aliphatic carbocycles. The van der Waals surface area contributed by atoms with Crippen LogP contribution < -0.4 is 10.2 Å². The predicted molar refractivity (Wildman–Crippen MR) is 67.1 cm³/mol. The average Bonchev–Trinajstić information content (AvgIpc) is 2.37. The summed E-state index contributed by atoms with van der Waals surface area (Å²) in [5.41, 5.74) is 2.85. The van der Waals surface area contributed by atoms with Gasteiger partial charge in [-0.05, 0) is 30.5 Å². The van der Waals surface area contributed by atoms with Crippen molar-refractivity contribution < 1.29 is 9.59 Å². The molecule has 0 bridgehead atoms. The highest BCUT2D eigenvalue weighted by atomic mass is 16.2. The number of nitrogens with one attached hydrogen (secondary N) is 1. The Balaban J connectivity index is 2.36. The van der Waals surface area contributed by atoms with Crippen LogP contribution in [-0.4, -0.2) is 18.9 Å². The summed E-state index contributed by atoms with van der Waals surface area (Å²) in [6.07, 6.45) is 3.14. The molecular weight excluding hydrogens is 216 g/mol. The van der Waals surface area contributed by atoms with Crippen LogP contribution in [0.4, 0.5) is 11.4 Å². The van der Waals surface area contributed by atoms with E-state index in [4.69, 9.17) is 0 Å². The molecule has 4 nitrogen and oxygen atoms in total. The number of carbonyl (C=O) groups is 2. The normalized spacial score (nSPS) is 14.1. The fraction of sp³-hybridized carbons (Fsp3) is 0.385. The number of fused-ring (bicyclic) bond motifs is 1. The van der Waals surface area contributed by atoms with E-state index in [1.807, 2.05) is 30.0 Å². The fourth-order valence-corrected chi connectivity index (χ4v) is 2.18. The highest BCUT2D eigenvalue weighted by Gasteiger charge is 2.21. The SMILES string of the molecule is CCC(=O)N1CCCc2ccc(NC=O)cc21. The van der Waals surface area contributed by atoms with Gasteiger partial charge in [0, 0.05) is 24.3 Å². The number of anilines is 2. The molecule has 90 valence electrons. The lowest BCUT2D eigenvalue weighted by molar-refractivity contribution is -0.118. The van der Waals surface area contributed by atoms with E-state index in [2.05, 4.69) is 5.32 Å². The first kappa shape index (κ1) is 11.6. The molecule has 0 unspecified atom stereocenters. The van der Waals surface area contributed by atoms with Gasteiger partial charge in [-0.1, -0.05) is 13.0 Å². The van der Waals surface area contributed by atoms with Gasteiger partial charge in [0.2, 0.25) is 12.3 Å². The lowest BCUT2D eigenvalue weighted by Crippen LogP contribution is -2.34. The summed E-state index contributed by atoms with van der Waals surface area (Å²) >= 11 is 0. The minimum absolute atomic E-state index is 0.134. The number of rotatable bonds is 3. The zero-order valence-corrected chi connectivity index (χ0v) is 9.90. The Kier molecular flexibility index (Phi) is 3.42. The minimum atomic E-state index is 0.134. The number of hydrogen-bond donors (Lipinski definition) is 1. The molecule has 1 heterocycles. The molecule has 1 aliphatic heterocycles. The first-order chi connectivity index (χ1) is 8.26. The third-order valence-corrected chi connectivity index (χ3v) is 3.03. The molecule has 17 heavy (non-hydrogen) atoms. The van der Waals surface area contributed by atoms with E-state index in [-0.39, 0.29) is 5.91 Å². The summed E-state index contributed by atoms with van der Waals surface area (Å²) in [4.78, 5) is 24.1. The molecule has 1 aliphatic rings. The maximum absolute atomic E-state index is 11.8. The Labute approximate surface area is 101 Å². The summed E-state index contributed by atoms with van der Waals surface area (Å²) < 4.78 is 0. The quantitative estimate of drug-likeness (QED) is 0.810. The average molecular weight is 232 g/mol. The number of amides is 2. The molecule has 4 heteroatoms. The summed E-state index contributed by atoms with van der Waals surface area (Å²) in [6, 6.07) is 5.72. The van der Waals surface area contributed by atoms with Gasteiger partial charge in [0.15, 0.2) is 0 Å². The Hall–Kier alpha value is -1.84. The van der Waals surface area contributed by atoms with Crippen molar-refractivity contribution in [2.45, 2.75) is 26.2 Å². The maximum Gasteiger partial charge on any atom is 0.226 e. The highest BCUT2D eigenvalue weighted by Crippen LogP contribution is 2.30. The van der Waals surface area contributed by atoms with Crippen LogP contribution in [0.3, 0.4) is 0 Å². The number of aryl methyl sites for hydroxylation is 1. The van der Waals surface area contributed by atoms with Gasteiger partial charge in [-0.2, -0.15) is 0 Å². The third kappa shape index (κ3) is 2.30. The van der Waals surface area contributed by atoms with Crippen LogP contribution in [-0.2, 0) is 16.0 Å². The minimum Gasteiger partial charge on any atom is -0.329 e. The number of nitrogens with zero attached hydrogens (tertiary/aromatic N) is 1. The highest BCUT2D eigenvalue weighted by molar-refractivity contribution is 5.95. The number of benzene rings is 1. The van der Waals surface area contributed by atoms with E-state index in [9.17, 15) is 9.59 Å². The molecule has 0 aromatic heterocycles. The summed E-state index contributed by atoms with van der Waals surface area (Å²) in [6.45, 7) is 2.63. The second kappa shape index (κ2) is 4.99. The predicted octanol–water partition coefficient (Wildman–Crippen LogP) is 1.94. The number of carbonyl (C=O) groups excluding carboxylic acids is 2. The summed E-state index contributed by atoms with van der Waals surface area (Å²) in [7, 11) is 0. The van der Waals surface area contributed by atoms with Crippen LogP contribution in [0.15, 0.2) is 18.2 Å². The monoisotopic (exact) mass is 232 g/mol. The Morgan fingerprint density at radius 2 is 2.35 bits per heavy atom. The molecule has 0 atom stereocenters. The van der Waals surface area contributed by atoms with Crippen LogP contribution in [0, 0.1) is 0 Å². The van der Waals surface area contributed by atoms with E-state index in [0.717, 1.165) is 30.8 Å². The van der Waals surface area contributed by atoms with Crippen molar-refractivity contribution in [3.05, 3.63) is 23.8 Å².